The molecule has 1 saturated heterocycles. The average Bonchev–Trinajstić information content (AvgIpc) is 3.35. The van der Waals surface area contributed by atoms with Gasteiger partial charge >= 0.3 is 0 Å². The number of fused-ring (bicyclic) bond motifs is 1. The van der Waals surface area contributed by atoms with Crippen molar-refractivity contribution in [3.63, 3.8) is 0 Å². The first-order valence-electron chi connectivity index (χ1n) is 9.69. The third-order valence-corrected chi connectivity index (χ3v) is 6.39. The molecule has 1 saturated carbocycles. The van der Waals surface area contributed by atoms with Gasteiger partial charge in [0, 0.05) is 25.0 Å². The van der Waals surface area contributed by atoms with Crippen molar-refractivity contribution in [3.8, 4) is 0 Å². The number of thiazole rings is 1. The molecular weight excluding hydrogens is 360 g/mol. The van der Waals surface area contributed by atoms with Crippen LogP contribution in [0.3, 0.4) is 0 Å². The number of hydrogen-bond acceptors (Lipinski definition) is 5. The SMILES string of the molecule is CN(CC(=O)NC1CC1)CC(=O)N1CCC[C@@H](c2nc3ccccc3s2)C1. The predicted octanol–water partition coefficient (Wildman–Crippen LogP) is 2.21. The molecule has 144 valence electrons. The molecule has 2 fully saturated rings. The van der Waals surface area contributed by atoms with Crippen LogP contribution < -0.4 is 5.32 Å². The Morgan fingerprint density at radius 2 is 2.07 bits per heavy atom. The van der Waals surface area contributed by atoms with Crippen molar-refractivity contribution in [2.45, 2.75) is 37.6 Å². The molecule has 0 unspecified atom stereocenters. The minimum atomic E-state index is 0.0128. The monoisotopic (exact) mass is 386 g/mol. The molecule has 1 aliphatic carbocycles. The van der Waals surface area contributed by atoms with Gasteiger partial charge in [-0.05, 0) is 44.9 Å². The molecular formula is C20H26N4O2S. The Balaban J connectivity index is 1.32. The first kappa shape index (κ1) is 18.4. The molecule has 4 rings (SSSR count). The van der Waals surface area contributed by atoms with Crippen LogP contribution in [0.4, 0.5) is 0 Å². The fraction of sp³-hybridized carbons (Fsp3) is 0.550. The molecule has 1 N–H and O–H groups in total. The van der Waals surface area contributed by atoms with E-state index < -0.39 is 0 Å². The van der Waals surface area contributed by atoms with Crippen LogP contribution in [0, 0.1) is 0 Å². The van der Waals surface area contributed by atoms with E-state index in [1.807, 2.05) is 30.1 Å². The lowest BCUT2D eigenvalue weighted by molar-refractivity contribution is -0.133. The average molecular weight is 387 g/mol. The summed E-state index contributed by atoms with van der Waals surface area (Å²) in [7, 11) is 1.83. The van der Waals surface area contributed by atoms with Crippen LogP contribution in [0.25, 0.3) is 10.2 Å². The number of likely N-dealkylation sites (tertiary alicyclic amines) is 1. The van der Waals surface area contributed by atoms with Crippen molar-refractivity contribution in [3.05, 3.63) is 29.3 Å². The zero-order chi connectivity index (χ0) is 18.8. The van der Waals surface area contributed by atoms with Gasteiger partial charge in [0.2, 0.25) is 11.8 Å². The van der Waals surface area contributed by atoms with E-state index >= 15 is 0 Å². The smallest absolute Gasteiger partial charge is 0.236 e. The van der Waals surface area contributed by atoms with Gasteiger partial charge in [0.1, 0.15) is 0 Å². The second kappa shape index (κ2) is 7.94. The highest BCUT2D eigenvalue weighted by atomic mass is 32.1. The van der Waals surface area contributed by atoms with E-state index in [4.69, 9.17) is 4.98 Å². The Morgan fingerprint density at radius 1 is 1.26 bits per heavy atom. The van der Waals surface area contributed by atoms with Crippen LogP contribution in [-0.2, 0) is 9.59 Å². The highest BCUT2D eigenvalue weighted by Gasteiger charge is 2.28. The van der Waals surface area contributed by atoms with E-state index in [1.54, 1.807) is 16.2 Å². The number of amides is 2. The van der Waals surface area contributed by atoms with E-state index in [2.05, 4.69) is 11.4 Å². The van der Waals surface area contributed by atoms with Gasteiger partial charge < -0.3 is 10.2 Å². The van der Waals surface area contributed by atoms with E-state index in [1.165, 1.54) is 4.70 Å². The second-order valence-electron chi connectivity index (χ2n) is 7.71. The predicted molar refractivity (Wildman–Crippen MR) is 107 cm³/mol. The molecule has 2 aromatic rings. The fourth-order valence-electron chi connectivity index (χ4n) is 3.60. The summed E-state index contributed by atoms with van der Waals surface area (Å²) >= 11 is 1.74. The van der Waals surface area contributed by atoms with Gasteiger partial charge in [-0.2, -0.15) is 0 Å². The third-order valence-electron chi connectivity index (χ3n) is 5.19. The number of carbonyl (C=O) groups excluding carboxylic acids is 2. The minimum Gasteiger partial charge on any atom is -0.352 e. The zero-order valence-corrected chi connectivity index (χ0v) is 16.5. The zero-order valence-electron chi connectivity index (χ0n) is 15.7. The maximum absolute atomic E-state index is 12.7. The van der Waals surface area contributed by atoms with Gasteiger partial charge in [-0.3, -0.25) is 14.5 Å². The van der Waals surface area contributed by atoms with Crippen molar-refractivity contribution in [2.24, 2.45) is 0 Å². The molecule has 27 heavy (non-hydrogen) atoms. The van der Waals surface area contributed by atoms with Gasteiger partial charge in [-0.15, -0.1) is 11.3 Å². The number of likely N-dealkylation sites (N-methyl/N-ethyl adjacent to an activating group) is 1. The standard InChI is InChI=1S/C20H26N4O2S/c1-23(12-18(25)21-15-8-9-15)13-19(26)24-10-4-5-14(11-24)20-22-16-6-2-3-7-17(16)27-20/h2-3,6-7,14-15H,4-5,8-13H2,1H3,(H,21,25)/t14-/m1/s1. The number of para-hydroxylation sites is 1. The lowest BCUT2D eigenvalue weighted by atomic mass is 9.98. The highest BCUT2D eigenvalue weighted by molar-refractivity contribution is 7.18. The largest absolute Gasteiger partial charge is 0.352 e. The molecule has 2 heterocycles. The molecule has 1 aromatic carbocycles. The topological polar surface area (TPSA) is 65.5 Å². The minimum absolute atomic E-state index is 0.0128. The summed E-state index contributed by atoms with van der Waals surface area (Å²) < 4.78 is 1.21. The summed E-state index contributed by atoms with van der Waals surface area (Å²) in [6, 6.07) is 8.55. The number of nitrogens with one attached hydrogen (secondary N) is 1. The van der Waals surface area contributed by atoms with Gasteiger partial charge in [0.25, 0.3) is 0 Å². The van der Waals surface area contributed by atoms with Crippen LogP contribution >= 0.6 is 11.3 Å². The number of benzene rings is 1. The lowest BCUT2D eigenvalue weighted by Crippen LogP contribution is -2.45. The highest BCUT2D eigenvalue weighted by Crippen LogP contribution is 2.32. The number of hydrogen-bond donors (Lipinski definition) is 1. The van der Waals surface area contributed by atoms with Crippen molar-refractivity contribution >= 4 is 33.4 Å². The summed E-state index contributed by atoms with van der Waals surface area (Å²) in [6.45, 7) is 2.07. The Kier molecular flexibility index (Phi) is 5.41. The first-order chi connectivity index (χ1) is 13.1. The summed E-state index contributed by atoms with van der Waals surface area (Å²) in [6.07, 6.45) is 4.23. The fourth-order valence-corrected chi connectivity index (χ4v) is 4.70. The van der Waals surface area contributed by atoms with Crippen molar-refractivity contribution < 1.29 is 9.59 Å². The molecule has 0 radical (unpaired) electrons. The third kappa shape index (κ3) is 4.65. The van der Waals surface area contributed by atoms with Gasteiger partial charge in [0.05, 0.1) is 28.3 Å². The van der Waals surface area contributed by atoms with Crippen LogP contribution in [0.15, 0.2) is 24.3 Å². The van der Waals surface area contributed by atoms with Crippen molar-refractivity contribution in [1.82, 2.24) is 20.1 Å². The van der Waals surface area contributed by atoms with Crippen LogP contribution in [-0.4, -0.2) is 65.9 Å². The Hall–Kier alpha value is -1.99. The lowest BCUT2D eigenvalue weighted by Gasteiger charge is -2.33. The normalized spacial score (nSPS) is 20.2. The Labute approximate surface area is 163 Å². The number of rotatable bonds is 6. The molecule has 1 aliphatic heterocycles. The Morgan fingerprint density at radius 3 is 2.85 bits per heavy atom. The quantitative estimate of drug-likeness (QED) is 0.827. The molecule has 7 heteroatoms. The van der Waals surface area contributed by atoms with Crippen LogP contribution in [0.1, 0.15) is 36.6 Å². The molecule has 6 nitrogen and oxygen atoms in total. The maximum Gasteiger partial charge on any atom is 0.236 e. The van der Waals surface area contributed by atoms with E-state index in [-0.39, 0.29) is 24.9 Å². The number of piperidine rings is 1. The molecule has 0 spiro atoms. The second-order valence-corrected chi connectivity index (χ2v) is 8.78. The van der Waals surface area contributed by atoms with Gasteiger partial charge in [-0.25, -0.2) is 4.98 Å². The molecule has 2 aliphatic rings. The molecule has 0 bridgehead atoms. The summed E-state index contributed by atoms with van der Waals surface area (Å²) in [5.74, 6) is 0.421. The van der Waals surface area contributed by atoms with Gasteiger partial charge in [-0.1, -0.05) is 12.1 Å². The number of aromatic nitrogens is 1. The van der Waals surface area contributed by atoms with Crippen molar-refractivity contribution in [2.75, 3.05) is 33.2 Å². The van der Waals surface area contributed by atoms with E-state index in [0.717, 1.165) is 49.3 Å². The molecule has 2 amide bonds. The Bertz CT molecular complexity index is 799. The van der Waals surface area contributed by atoms with Crippen LogP contribution in [0.5, 0.6) is 0 Å². The first-order valence-corrected chi connectivity index (χ1v) is 10.5. The van der Waals surface area contributed by atoms with E-state index in [0.29, 0.717) is 12.0 Å². The van der Waals surface area contributed by atoms with E-state index in [9.17, 15) is 9.59 Å². The van der Waals surface area contributed by atoms with Gasteiger partial charge in [0.15, 0.2) is 0 Å². The summed E-state index contributed by atoms with van der Waals surface area (Å²) in [5, 5.41) is 4.10. The summed E-state index contributed by atoms with van der Waals surface area (Å²) in [4.78, 5) is 33.1. The molecule has 1 aromatic heterocycles. The number of nitrogens with zero attached hydrogens (tertiary/aromatic N) is 3. The van der Waals surface area contributed by atoms with Crippen molar-refractivity contribution in [1.29, 1.82) is 0 Å². The molecule has 1 atom stereocenters. The van der Waals surface area contributed by atoms with Crippen LogP contribution in [0.2, 0.25) is 0 Å². The summed E-state index contributed by atoms with van der Waals surface area (Å²) in [5.41, 5.74) is 1.04. The maximum atomic E-state index is 12.7. The number of carbonyl (C=O) groups is 2.